The van der Waals surface area contributed by atoms with Crippen LogP contribution in [-0.2, 0) is 11.2 Å². The van der Waals surface area contributed by atoms with Gasteiger partial charge >= 0.3 is 0 Å². The lowest BCUT2D eigenvalue weighted by molar-refractivity contribution is 0.102. The Bertz CT molecular complexity index is 1100. The van der Waals surface area contributed by atoms with E-state index in [-0.39, 0.29) is 17.2 Å². The van der Waals surface area contributed by atoms with E-state index in [2.05, 4.69) is 34.0 Å². The number of rotatable bonds is 4. The number of carbonyl (C=O) groups excluding carboxylic acids is 1. The number of pyridine rings is 1. The van der Waals surface area contributed by atoms with Gasteiger partial charge in [0.2, 0.25) is 5.89 Å². The molecule has 1 N–H and O–H groups in total. The quantitative estimate of drug-likeness (QED) is 0.690. The number of benzene rings is 1. The van der Waals surface area contributed by atoms with Gasteiger partial charge in [-0.1, -0.05) is 0 Å². The van der Waals surface area contributed by atoms with E-state index in [4.69, 9.17) is 13.9 Å². The number of amides is 1. The molecular weight excluding hydrogens is 396 g/mol. The minimum Gasteiger partial charge on any atom is -0.487 e. The van der Waals surface area contributed by atoms with E-state index in [1.165, 1.54) is 6.26 Å². The minimum absolute atomic E-state index is 0.219. The number of hydrogen-bond acceptors (Lipinski definition) is 7. The Balaban J connectivity index is 1.44. The molecule has 0 aliphatic carbocycles. The highest BCUT2D eigenvalue weighted by Gasteiger charge is 2.32. The number of fused-ring (bicyclic) bond motifs is 1. The highest BCUT2D eigenvalue weighted by Crippen LogP contribution is 2.42. The topological polar surface area (TPSA) is 89.7 Å². The molecule has 3 aromatic rings. The van der Waals surface area contributed by atoms with Crippen LogP contribution in [0.5, 0.6) is 5.75 Å². The zero-order valence-corrected chi connectivity index (χ0v) is 17.6. The Labute approximate surface area is 180 Å². The van der Waals surface area contributed by atoms with E-state index < -0.39 is 0 Å². The average Bonchev–Trinajstić information content (AvgIpc) is 3.38. The molecule has 2 aliphatic heterocycles. The van der Waals surface area contributed by atoms with Gasteiger partial charge in [-0.05, 0) is 32.0 Å². The van der Waals surface area contributed by atoms with Gasteiger partial charge in [0.1, 0.15) is 17.6 Å². The summed E-state index contributed by atoms with van der Waals surface area (Å²) < 4.78 is 17.1. The van der Waals surface area contributed by atoms with E-state index in [0.29, 0.717) is 19.1 Å². The van der Waals surface area contributed by atoms with Gasteiger partial charge < -0.3 is 24.1 Å². The van der Waals surface area contributed by atoms with Crippen molar-refractivity contribution in [2.45, 2.75) is 25.9 Å². The first kappa shape index (κ1) is 19.6. The smallest absolute Gasteiger partial charge is 0.277 e. The van der Waals surface area contributed by atoms with E-state index in [9.17, 15) is 4.79 Å². The first-order chi connectivity index (χ1) is 15.0. The zero-order valence-electron chi connectivity index (χ0n) is 17.6. The maximum Gasteiger partial charge on any atom is 0.277 e. The molecule has 0 unspecified atom stereocenters. The third kappa shape index (κ3) is 3.98. The number of nitrogens with one attached hydrogen (secondary N) is 1. The molecule has 0 radical (unpaired) electrons. The van der Waals surface area contributed by atoms with Crippen LogP contribution in [0, 0.1) is 0 Å². The molecule has 0 spiro atoms. The maximum absolute atomic E-state index is 13.0. The molecule has 1 saturated heterocycles. The lowest BCUT2D eigenvalue weighted by Gasteiger charge is -2.31. The van der Waals surface area contributed by atoms with Gasteiger partial charge in [0.25, 0.3) is 5.91 Å². The van der Waals surface area contributed by atoms with Crippen LogP contribution in [0.1, 0.15) is 29.9 Å². The summed E-state index contributed by atoms with van der Waals surface area (Å²) in [6.45, 7) is 6.93. The van der Waals surface area contributed by atoms with Crippen molar-refractivity contribution in [1.29, 1.82) is 0 Å². The van der Waals surface area contributed by atoms with E-state index >= 15 is 0 Å². The Morgan fingerprint density at radius 1 is 1.16 bits per heavy atom. The van der Waals surface area contributed by atoms with E-state index in [1.807, 2.05) is 12.1 Å². The molecule has 8 nitrogen and oxygen atoms in total. The van der Waals surface area contributed by atoms with Crippen molar-refractivity contribution in [3.8, 4) is 17.2 Å². The first-order valence-electron chi connectivity index (χ1n) is 10.3. The molecule has 0 bridgehead atoms. The fourth-order valence-electron chi connectivity index (χ4n) is 4.00. The van der Waals surface area contributed by atoms with Crippen molar-refractivity contribution in [2.24, 2.45) is 0 Å². The summed E-state index contributed by atoms with van der Waals surface area (Å²) in [5.74, 6) is 0.924. The molecule has 1 fully saturated rings. The maximum atomic E-state index is 13.0. The summed E-state index contributed by atoms with van der Waals surface area (Å²) >= 11 is 0. The molecule has 31 heavy (non-hydrogen) atoms. The molecule has 160 valence electrons. The molecule has 4 heterocycles. The number of carbonyl (C=O) groups is 1. The standard InChI is InChI=1S/C23H24N4O4/c1-23(2)13-16-11-17(19(12-20(16)31-23)27-7-9-29-10-8-27)25-21(28)18-14-30-22(26-18)15-3-5-24-6-4-15/h3-6,11-12,14H,7-10,13H2,1-2H3,(H,25,28). The normalized spacial score (nSPS) is 17.2. The van der Waals surface area contributed by atoms with Crippen molar-refractivity contribution < 1.29 is 18.7 Å². The average molecular weight is 420 g/mol. The highest BCUT2D eigenvalue weighted by molar-refractivity contribution is 6.05. The largest absolute Gasteiger partial charge is 0.487 e. The molecule has 2 aromatic heterocycles. The summed E-state index contributed by atoms with van der Waals surface area (Å²) in [5, 5.41) is 3.03. The summed E-state index contributed by atoms with van der Waals surface area (Å²) in [6.07, 6.45) is 5.47. The monoisotopic (exact) mass is 420 g/mol. The third-order valence-corrected chi connectivity index (χ3v) is 5.45. The predicted molar refractivity (Wildman–Crippen MR) is 116 cm³/mol. The van der Waals surface area contributed by atoms with Gasteiger partial charge in [0.05, 0.1) is 24.6 Å². The van der Waals surface area contributed by atoms with Gasteiger partial charge in [-0.2, -0.15) is 0 Å². The van der Waals surface area contributed by atoms with Crippen molar-refractivity contribution in [3.05, 3.63) is 54.2 Å². The highest BCUT2D eigenvalue weighted by atomic mass is 16.5. The van der Waals surface area contributed by atoms with Gasteiger partial charge in [-0.25, -0.2) is 4.98 Å². The summed E-state index contributed by atoms with van der Waals surface area (Å²) in [5.41, 5.74) is 3.46. The first-order valence-corrected chi connectivity index (χ1v) is 10.3. The predicted octanol–water partition coefficient (Wildman–Crippen LogP) is 3.54. The van der Waals surface area contributed by atoms with Gasteiger partial charge in [0.15, 0.2) is 5.69 Å². The minimum atomic E-state index is -0.323. The molecular formula is C23H24N4O4. The van der Waals surface area contributed by atoms with E-state index in [0.717, 1.165) is 47.8 Å². The summed E-state index contributed by atoms with van der Waals surface area (Å²) in [4.78, 5) is 23.5. The number of morpholine rings is 1. The molecule has 5 rings (SSSR count). The molecule has 1 amide bonds. The third-order valence-electron chi connectivity index (χ3n) is 5.45. The molecule has 2 aliphatic rings. The lowest BCUT2D eigenvalue weighted by atomic mass is 10.0. The number of oxazole rings is 1. The summed E-state index contributed by atoms with van der Waals surface area (Å²) in [6, 6.07) is 7.60. The van der Waals surface area contributed by atoms with E-state index in [1.54, 1.807) is 24.5 Å². The Morgan fingerprint density at radius 3 is 2.71 bits per heavy atom. The SMILES string of the molecule is CC1(C)Cc2cc(NC(=O)c3coc(-c4ccncc4)n3)c(N3CCOCC3)cc2O1. The van der Waals surface area contributed by atoms with Crippen LogP contribution in [-0.4, -0.2) is 47.8 Å². The number of anilines is 2. The van der Waals surface area contributed by atoms with Crippen LogP contribution in [0.15, 0.2) is 47.3 Å². The Hall–Kier alpha value is -3.39. The second-order valence-corrected chi connectivity index (χ2v) is 8.34. The fraction of sp³-hybridized carbons (Fsp3) is 0.348. The second-order valence-electron chi connectivity index (χ2n) is 8.34. The van der Waals surface area contributed by atoms with Crippen molar-refractivity contribution in [1.82, 2.24) is 9.97 Å². The van der Waals surface area contributed by atoms with Crippen molar-refractivity contribution in [2.75, 3.05) is 36.5 Å². The molecule has 8 heteroatoms. The van der Waals surface area contributed by atoms with Gasteiger partial charge in [0, 0.05) is 49.1 Å². The molecule has 1 aromatic carbocycles. The summed E-state index contributed by atoms with van der Waals surface area (Å²) in [7, 11) is 0. The van der Waals surface area contributed by atoms with Crippen LogP contribution < -0.4 is 15.0 Å². The number of nitrogens with zero attached hydrogens (tertiary/aromatic N) is 3. The fourth-order valence-corrected chi connectivity index (χ4v) is 4.00. The van der Waals surface area contributed by atoms with Crippen molar-refractivity contribution >= 4 is 17.3 Å². The molecule has 0 atom stereocenters. The zero-order chi connectivity index (χ0) is 21.4. The van der Waals surface area contributed by atoms with Crippen LogP contribution in [0.3, 0.4) is 0 Å². The second kappa shape index (κ2) is 7.70. The van der Waals surface area contributed by atoms with Crippen molar-refractivity contribution in [3.63, 3.8) is 0 Å². The lowest BCUT2D eigenvalue weighted by Crippen LogP contribution is -2.36. The van der Waals surface area contributed by atoms with Crippen LogP contribution >= 0.6 is 0 Å². The number of aromatic nitrogens is 2. The number of hydrogen-bond donors (Lipinski definition) is 1. The van der Waals surface area contributed by atoms with Crippen LogP contribution in [0.25, 0.3) is 11.5 Å². The van der Waals surface area contributed by atoms with Gasteiger partial charge in [-0.3, -0.25) is 9.78 Å². The number of ether oxygens (including phenoxy) is 2. The van der Waals surface area contributed by atoms with Crippen LogP contribution in [0.2, 0.25) is 0 Å². The Kier molecular flexibility index (Phi) is 4.86. The Morgan fingerprint density at radius 2 is 1.94 bits per heavy atom. The molecule has 0 saturated carbocycles. The van der Waals surface area contributed by atoms with Crippen LogP contribution in [0.4, 0.5) is 11.4 Å². The van der Waals surface area contributed by atoms with Gasteiger partial charge in [-0.15, -0.1) is 0 Å².